The van der Waals surface area contributed by atoms with Gasteiger partial charge in [-0.1, -0.05) is 80.6 Å². The first-order chi connectivity index (χ1) is 13.9. The Bertz CT molecular complexity index is 1420. The van der Waals surface area contributed by atoms with Gasteiger partial charge < -0.3 is 9.55 Å². The van der Waals surface area contributed by atoms with Crippen LogP contribution in [-0.4, -0.2) is 9.55 Å². The van der Waals surface area contributed by atoms with Crippen LogP contribution in [0.3, 0.4) is 0 Å². The fraction of sp³-hybridized carbons (Fsp3) is 0.0769. The zero-order chi connectivity index (χ0) is 19.1. The Labute approximate surface area is 164 Å². The van der Waals surface area contributed by atoms with Gasteiger partial charge >= 0.3 is 0 Å². The van der Waals surface area contributed by atoms with Crippen LogP contribution in [0, 0.1) is 0 Å². The van der Waals surface area contributed by atoms with Gasteiger partial charge in [-0.05, 0) is 24.3 Å². The highest BCUT2D eigenvalue weighted by molar-refractivity contribution is 6.22. The molecule has 0 aliphatic carbocycles. The molecule has 0 radical (unpaired) electrons. The summed E-state index contributed by atoms with van der Waals surface area (Å²) >= 11 is 0. The van der Waals surface area contributed by atoms with Crippen molar-refractivity contribution in [2.24, 2.45) is 0 Å². The lowest BCUT2D eigenvalue weighted by Gasteiger charge is -2.08. The molecule has 2 heterocycles. The Morgan fingerprint density at radius 2 is 1.21 bits per heavy atom. The predicted molar refractivity (Wildman–Crippen MR) is 121 cm³/mol. The molecule has 2 nitrogen and oxygen atoms in total. The molecule has 0 saturated carbocycles. The van der Waals surface area contributed by atoms with Gasteiger partial charge in [0.15, 0.2) is 0 Å². The van der Waals surface area contributed by atoms with Gasteiger partial charge in [-0.2, -0.15) is 0 Å². The summed E-state index contributed by atoms with van der Waals surface area (Å²) in [7, 11) is 0. The largest absolute Gasteiger partial charge is 0.353 e. The van der Waals surface area contributed by atoms with Gasteiger partial charge in [0.05, 0.1) is 16.6 Å². The number of aromatic amines is 1. The normalized spacial score (nSPS) is 11.2. The number of hydrogen-bond donors (Lipinski definition) is 1. The molecule has 2 aromatic heterocycles. The molecule has 0 fully saturated rings. The third-order valence-electron chi connectivity index (χ3n) is 5.33. The molecule has 0 aliphatic heterocycles. The topological polar surface area (TPSA) is 20.7 Å². The van der Waals surface area contributed by atoms with Crippen LogP contribution in [0.1, 0.15) is 13.8 Å². The van der Waals surface area contributed by atoms with Gasteiger partial charge in [-0.15, -0.1) is 0 Å². The van der Waals surface area contributed by atoms with E-state index in [-0.39, 0.29) is 0 Å². The van der Waals surface area contributed by atoms with E-state index in [0.29, 0.717) is 0 Å². The number of nitrogens with one attached hydrogen (secondary N) is 1. The number of fused-ring (bicyclic) bond motifs is 7. The maximum atomic E-state index is 3.67. The number of benzene rings is 4. The molecular weight excluding hydrogens is 340 g/mol. The first kappa shape index (κ1) is 16.6. The molecular formula is C26H22N2. The predicted octanol–water partition coefficient (Wildman–Crippen LogP) is 7.44. The monoisotopic (exact) mass is 362 g/mol. The van der Waals surface area contributed by atoms with Crippen LogP contribution in [0.5, 0.6) is 0 Å². The number of para-hydroxylation sites is 3. The van der Waals surface area contributed by atoms with Gasteiger partial charge in [0.1, 0.15) is 0 Å². The average molecular weight is 362 g/mol. The summed E-state index contributed by atoms with van der Waals surface area (Å²) in [6.07, 6.45) is 0. The fourth-order valence-electron chi connectivity index (χ4n) is 4.22. The van der Waals surface area contributed by atoms with Gasteiger partial charge in [0, 0.05) is 32.7 Å². The molecule has 0 atom stereocenters. The van der Waals surface area contributed by atoms with E-state index in [0.717, 1.165) is 0 Å². The summed E-state index contributed by atoms with van der Waals surface area (Å²) in [5.74, 6) is 0. The molecule has 0 aliphatic rings. The van der Waals surface area contributed by atoms with E-state index in [1.165, 1.54) is 49.3 Å². The third-order valence-corrected chi connectivity index (χ3v) is 5.33. The van der Waals surface area contributed by atoms with E-state index in [1.54, 1.807) is 0 Å². The lowest BCUT2D eigenvalue weighted by molar-refractivity contribution is 1.18. The van der Waals surface area contributed by atoms with Crippen molar-refractivity contribution in [1.82, 2.24) is 9.55 Å². The summed E-state index contributed by atoms with van der Waals surface area (Å²) in [5.41, 5.74) is 6.04. The summed E-state index contributed by atoms with van der Waals surface area (Å²) in [4.78, 5) is 3.67. The van der Waals surface area contributed by atoms with Gasteiger partial charge in [-0.3, -0.25) is 0 Å². The van der Waals surface area contributed by atoms with Crippen molar-refractivity contribution < 1.29 is 0 Å². The van der Waals surface area contributed by atoms with Crippen molar-refractivity contribution in [3.63, 3.8) is 0 Å². The molecule has 6 aromatic rings. The van der Waals surface area contributed by atoms with Crippen LogP contribution in [0.25, 0.3) is 49.3 Å². The number of H-pyrrole nitrogens is 1. The number of rotatable bonds is 1. The highest BCUT2D eigenvalue weighted by atomic mass is 15.0. The van der Waals surface area contributed by atoms with Crippen molar-refractivity contribution in [2.75, 3.05) is 0 Å². The highest BCUT2D eigenvalue weighted by Gasteiger charge is 2.16. The Kier molecular flexibility index (Phi) is 3.91. The van der Waals surface area contributed by atoms with E-state index in [4.69, 9.17) is 0 Å². The van der Waals surface area contributed by atoms with Crippen LogP contribution in [0.15, 0.2) is 91.0 Å². The molecule has 0 saturated heterocycles. The van der Waals surface area contributed by atoms with Crippen LogP contribution in [-0.2, 0) is 0 Å². The van der Waals surface area contributed by atoms with Crippen molar-refractivity contribution in [3.8, 4) is 5.69 Å². The molecule has 4 aromatic carbocycles. The van der Waals surface area contributed by atoms with E-state index >= 15 is 0 Å². The van der Waals surface area contributed by atoms with Crippen molar-refractivity contribution >= 4 is 43.6 Å². The minimum Gasteiger partial charge on any atom is -0.353 e. The standard InChI is InChI=1S/C24H16N2.C2H6/c1-2-8-16(9-3-1)26-22-13-7-5-11-18(22)20-15-14-19-17-10-4-6-12-21(17)25-23(19)24(20)26;1-2/h1-15,25H;1-2H3. The minimum atomic E-state index is 1.18. The number of nitrogens with zero attached hydrogens (tertiary/aromatic N) is 1. The second-order valence-corrected chi connectivity index (χ2v) is 6.74. The Morgan fingerprint density at radius 3 is 2.04 bits per heavy atom. The lowest BCUT2D eigenvalue weighted by Crippen LogP contribution is -1.93. The maximum absolute atomic E-state index is 3.67. The zero-order valence-corrected chi connectivity index (χ0v) is 16.1. The Morgan fingerprint density at radius 1 is 0.571 bits per heavy atom. The van der Waals surface area contributed by atoms with Gasteiger partial charge in [0.25, 0.3) is 0 Å². The van der Waals surface area contributed by atoms with Crippen molar-refractivity contribution in [3.05, 3.63) is 91.0 Å². The number of aromatic nitrogens is 2. The highest BCUT2D eigenvalue weighted by Crippen LogP contribution is 2.38. The molecule has 0 unspecified atom stereocenters. The molecule has 2 heteroatoms. The first-order valence-corrected chi connectivity index (χ1v) is 9.90. The molecule has 0 amide bonds. The molecule has 0 spiro atoms. The molecule has 136 valence electrons. The van der Waals surface area contributed by atoms with Crippen LogP contribution in [0.2, 0.25) is 0 Å². The minimum absolute atomic E-state index is 1.18. The smallest absolute Gasteiger partial charge is 0.0783 e. The summed E-state index contributed by atoms with van der Waals surface area (Å²) in [5, 5.41) is 5.11. The van der Waals surface area contributed by atoms with E-state index < -0.39 is 0 Å². The maximum Gasteiger partial charge on any atom is 0.0783 e. The summed E-state index contributed by atoms with van der Waals surface area (Å²) in [6, 6.07) is 32.3. The van der Waals surface area contributed by atoms with E-state index in [1.807, 2.05) is 13.8 Å². The third kappa shape index (κ3) is 2.28. The lowest BCUT2D eigenvalue weighted by atomic mass is 10.1. The molecule has 28 heavy (non-hydrogen) atoms. The molecule has 1 N–H and O–H groups in total. The van der Waals surface area contributed by atoms with Crippen LogP contribution in [0.4, 0.5) is 0 Å². The first-order valence-electron chi connectivity index (χ1n) is 9.90. The Hall–Kier alpha value is -3.52. The zero-order valence-electron chi connectivity index (χ0n) is 16.1. The SMILES string of the molecule is CC.c1ccc(-n2c3ccccc3c3ccc4c5ccccc5[nH]c4c32)cc1. The van der Waals surface area contributed by atoms with Gasteiger partial charge in [0.2, 0.25) is 0 Å². The summed E-state index contributed by atoms with van der Waals surface area (Å²) in [6.45, 7) is 4.00. The van der Waals surface area contributed by atoms with Crippen LogP contribution < -0.4 is 0 Å². The van der Waals surface area contributed by atoms with E-state index in [2.05, 4.69) is 101 Å². The second-order valence-electron chi connectivity index (χ2n) is 6.74. The Balaban J connectivity index is 0.000000829. The van der Waals surface area contributed by atoms with Crippen LogP contribution >= 0.6 is 0 Å². The van der Waals surface area contributed by atoms with Crippen molar-refractivity contribution in [2.45, 2.75) is 13.8 Å². The van der Waals surface area contributed by atoms with Gasteiger partial charge in [-0.25, -0.2) is 0 Å². The van der Waals surface area contributed by atoms with Crippen molar-refractivity contribution in [1.29, 1.82) is 0 Å². The molecule has 6 rings (SSSR count). The molecule has 0 bridgehead atoms. The average Bonchev–Trinajstić information content (AvgIpc) is 3.31. The summed E-state index contributed by atoms with van der Waals surface area (Å²) < 4.78 is 2.38. The fourth-order valence-corrected chi connectivity index (χ4v) is 4.22. The number of hydrogen-bond acceptors (Lipinski definition) is 0. The second kappa shape index (κ2) is 6.58. The quantitative estimate of drug-likeness (QED) is 0.314. The van der Waals surface area contributed by atoms with E-state index in [9.17, 15) is 0 Å².